The van der Waals surface area contributed by atoms with Crippen LogP contribution >= 0.6 is 27.5 Å². The van der Waals surface area contributed by atoms with Gasteiger partial charge in [0.2, 0.25) is 0 Å². The maximum absolute atomic E-state index is 13.9. The molecule has 2 rings (SSSR count). The second kappa shape index (κ2) is 4.81. The van der Waals surface area contributed by atoms with E-state index in [4.69, 9.17) is 11.6 Å². The van der Waals surface area contributed by atoms with Crippen LogP contribution < -0.4 is 5.32 Å². The van der Waals surface area contributed by atoms with Crippen molar-refractivity contribution in [3.8, 4) is 0 Å². The molecule has 0 aliphatic carbocycles. The Balaban J connectivity index is 2.36. The number of hydrogen-bond donors (Lipinski definition) is 1. The Morgan fingerprint density at radius 3 is 2.67 bits per heavy atom. The lowest BCUT2D eigenvalue weighted by molar-refractivity contribution is 0.444. The molecule has 1 nitrogen and oxygen atoms in total. The zero-order valence-corrected chi connectivity index (χ0v) is 10.5. The fraction of sp³-hybridized carbons (Fsp3) is 0.455. The van der Waals surface area contributed by atoms with E-state index in [9.17, 15) is 4.39 Å². The van der Waals surface area contributed by atoms with Crippen LogP contribution in [0.4, 0.5) is 4.39 Å². The first-order chi connectivity index (χ1) is 7.20. The van der Waals surface area contributed by atoms with Gasteiger partial charge in [0.1, 0.15) is 5.82 Å². The fourth-order valence-electron chi connectivity index (χ4n) is 2.03. The highest BCUT2D eigenvalue weighted by Crippen LogP contribution is 2.35. The Morgan fingerprint density at radius 1 is 1.33 bits per heavy atom. The van der Waals surface area contributed by atoms with Gasteiger partial charge in [0.05, 0.1) is 4.47 Å². The van der Waals surface area contributed by atoms with Crippen molar-refractivity contribution in [3.05, 3.63) is 33.0 Å². The van der Waals surface area contributed by atoms with Gasteiger partial charge in [-0.1, -0.05) is 11.6 Å². The summed E-state index contributed by atoms with van der Waals surface area (Å²) in [5.74, 6) is 0.0469. The maximum Gasteiger partial charge on any atom is 0.142 e. The van der Waals surface area contributed by atoms with Crippen LogP contribution in [-0.4, -0.2) is 13.1 Å². The summed E-state index contributed by atoms with van der Waals surface area (Å²) in [5, 5.41) is 3.80. The van der Waals surface area contributed by atoms with Gasteiger partial charge in [-0.25, -0.2) is 4.39 Å². The van der Waals surface area contributed by atoms with Gasteiger partial charge < -0.3 is 5.32 Å². The molecule has 15 heavy (non-hydrogen) atoms. The molecule has 1 aliphatic rings. The maximum atomic E-state index is 13.9. The predicted octanol–water partition coefficient (Wildman–Crippen LogP) is 3.71. The fourth-order valence-corrected chi connectivity index (χ4v) is 2.67. The molecule has 0 atom stereocenters. The van der Waals surface area contributed by atoms with Gasteiger partial charge in [-0.2, -0.15) is 0 Å². The third kappa shape index (κ3) is 2.35. The molecule has 0 amide bonds. The molecule has 0 saturated carbocycles. The van der Waals surface area contributed by atoms with Crippen molar-refractivity contribution in [1.29, 1.82) is 0 Å². The highest BCUT2D eigenvalue weighted by atomic mass is 79.9. The number of hydrogen-bond acceptors (Lipinski definition) is 1. The van der Waals surface area contributed by atoms with E-state index in [-0.39, 0.29) is 11.7 Å². The van der Waals surface area contributed by atoms with Crippen LogP contribution in [0.1, 0.15) is 24.3 Å². The van der Waals surface area contributed by atoms with E-state index in [2.05, 4.69) is 21.2 Å². The summed E-state index contributed by atoms with van der Waals surface area (Å²) in [6, 6.07) is 3.41. The summed E-state index contributed by atoms with van der Waals surface area (Å²) >= 11 is 9.25. The van der Waals surface area contributed by atoms with Crippen LogP contribution in [-0.2, 0) is 0 Å². The van der Waals surface area contributed by atoms with E-state index in [1.807, 2.05) is 0 Å². The lowest BCUT2D eigenvalue weighted by Gasteiger charge is -2.24. The molecule has 1 fully saturated rings. The SMILES string of the molecule is Fc1c(Br)ccc(Cl)c1C1CCNCC1. The quantitative estimate of drug-likeness (QED) is 0.778. The molecule has 4 heteroatoms. The van der Waals surface area contributed by atoms with E-state index in [0.29, 0.717) is 15.1 Å². The summed E-state index contributed by atoms with van der Waals surface area (Å²) in [7, 11) is 0. The number of rotatable bonds is 1. The van der Waals surface area contributed by atoms with Crippen molar-refractivity contribution in [3.63, 3.8) is 0 Å². The molecule has 1 heterocycles. The largest absolute Gasteiger partial charge is 0.317 e. The minimum Gasteiger partial charge on any atom is -0.317 e. The van der Waals surface area contributed by atoms with Crippen molar-refractivity contribution >= 4 is 27.5 Å². The second-order valence-corrected chi connectivity index (χ2v) is 5.04. The molecule has 1 saturated heterocycles. The van der Waals surface area contributed by atoms with Gasteiger partial charge in [0.15, 0.2) is 0 Å². The first-order valence-electron chi connectivity index (χ1n) is 5.04. The second-order valence-electron chi connectivity index (χ2n) is 3.78. The summed E-state index contributed by atoms with van der Waals surface area (Å²) in [6.45, 7) is 1.87. The molecule has 1 N–H and O–H groups in total. The average molecular weight is 293 g/mol. The number of halogens is 3. The van der Waals surface area contributed by atoms with Crippen LogP contribution in [0.25, 0.3) is 0 Å². The van der Waals surface area contributed by atoms with Crippen LogP contribution in [0.5, 0.6) is 0 Å². The predicted molar refractivity (Wildman–Crippen MR) is 64.0 cm³/mol. The van der Waals surface area contributed by atoms with Crippen LogP contribution in [0.3, 0.4) is 0 Å². The lowest BCUT2D eigenvalue weighted by atomic mass is 9.90. The molecular formula is C11H12BrClFN. The van der Waals surface area contributed by atoms with E-state index in [1.165, 1.54) is 0 Å². The number of nitrogens with one attached hydrogen (secondary N) is 1. The Labute approximate surface area is 102 Å². The van der Waals surface area contributed by atoms with Gasteiger partial charge in [-0.15, -0.1) is 0 Å². The highest BCUT2D eigenvalue weighted by molar-refractivity contribution is 9.10. The zero-order valence-electron chi connectivity index (χ0n) is 8.19. The van der Waals surface area contributed by atoms with Crippen molar-refractivity contribution in [2.45, 2.75) is 18.8 Å². The van der Waals surface area contributed by atoms with Gasteiger partial charge in [-0.3, -0.25) is 0 Å². The first-order valence-corrected chi connectivity index (χ1v) is 6.21. The molecule has 0 radical (unpaired) electrons. The van der Waals surface area contributed by atoms with Crippen molar-refractivity contribution in [1.82, 2.24) is 5.32 Å². The number of piperidine rings is 1. The van der Waals surface area contributed by atoms with Crippen LogP contribution in [0.15, 0.2) is 16.6 Å². The van der Waals surface area contributed by atoms with E-state index < -0.39 is 0 Å². The molecule has 1 aliphatic heterocycles. The average Bonchev–Trinajstić information content (AvgIpc) is 2.26. The van der Waals surface area contributed by atoms with Gasteiger partial charge >= 0.3 is 0 Å². The summed E-state index contributed by atoms with van der Waals surface area (Å²) in [5.41, 5.74) is 0.674. The van der Waals surface area contributed by atoms with Crippen molar-refractivity contribution < 1.29 is 4.39 Å². The third-order valence-electron chi connectivity index (χ3n) is 2.83. The zero-order chi connectivity index (χ0) is 10.8. The minimum atomic E-state index is -0.200. The smallest absolute Gasteiger partial charge is 0.142 e. The molecule has 1 aromatic carbocycles. The van der Waals surface area contributed by atoms with E-state index in [1.54, 1.807) is 12.1 Å². The molecule has 0 aromatic heterocycles. The molecule has 0 unspecified atom stereocenters. The van der Waals surface area contributed by atoms with E-state index in [0.717, 1.165) is 25.9 Å². The Bertz CT molecular complexity index is 364. The summed E-state index contributed by atoms with van der Waals surface area (Å²) in [4.78, 5) is 0. The normalized spacial score (nSPS) is 18.1. The summed E-state index contributed by atoms with van der Waals surface area (Å²) < 4.78 is 14.4. The third-order valence-corrected chi connectivity index (χ3v) is 3.77. The van der Waals surface area contributed by atoms with Crippen LogP contribution in [0, 0.1) is 5.82 Å². The molecule has 82 valence electrons. The number of benzene rings is 1. The molecule has 0 bridgehead atoms. The Hall–Kier alpha value is -0.120. The monoisotopic (exact) mass is 291 g/mol. The first kappa shape index (κ1) is 11.4. The lowest BCUT2D eigenvalue weighted by Crippen LogP contribution is -2.27. The highest BCUT2D eigenvalue weighted by Gasteiger charge is 2.22. The van der Waals surface area contributed by atoms with Gasteiger partial charge in [0.25, 0.3) is 0 Å². The molecule has 0 spiro atoms. The topological polar surface area (TPSA) is 12.0 Å². The van der Waals surface area contributed by atoms with Gasteiger partial charge in [0, 0.05) is 10.6 Å². The summed E-state index contributed by atoms with van der Waals surface area (Å²) in [6.07, 6.45) is 1.90. The van der Waals surface area contributed by atoms with E-state index >= 15 is 0 Å². The minimum absolute atomic E-state index is 0.200. The molecular weight excluding hydrogens is 280 g/mol. The Kier molecular flexibility index (Phi) is 3.65. The van der Waals surface area contributed by atoms with Crippen molar-refractivity contribution in [2.75, 3.05) is 13.1 Å². The molecule has 1 aromatic rings. The Morgan fingerprint density at radius 2 is 2.00 bits per heavy atom. The van der Waals surface area contributed by atoms with Crippen LogP contribution in [0.2, 0.25) is 5.02 Å². The van der Waals surface area contributed by atoms with Gasteiger partial charge in [-0.05, 0) is 59.9 Å². The van der Waals surface area contributed by atoms with Crippen molar-refractivity contribution in [2.24, 2.45) is 0 Å². The standard InChI is InChI=1S/C11H12BrClFN/c12-8-1-2-9(13)10(11(8)14)7-3-5-15-6-4-7/h1-2,7,15H,3-6H2.